The molecule has 0 aliphatic rings. The molecule has 1 aromatic rings. The highest BCUT2D eigenvalue weighted by Gasteiger charge is 2.06. The van der Waals surface area contributed by atoms with Gasteiger partial charge in [-0.05, 0) is 18.2 Å². The van der Waals surface area contributed by atoms with E-state index in [2.05, 4.69) is 17.2 Å². The second-order valence-corrected chi connectivity index (χ2v) is 3.99. The first-order valence-corrected chi connectivity index (χ1v) is 5.55. The fraction of sp³-hybridized carbons (Fsp3) is 0.286. The van der Waals surface area contributed by atoms with Crippen molar-refractivity contribution in [3.05, 3.63) is 35.4 Å². The Labute approximate surface area is 107 Å². The maximum Gasteiger partial charge on any atom is 0.253 e. The first kappa shape index (κ1) is 13.8. The van der Waals surface area contributed by atoms with E-state index in [1.54, 1.807) is 32.3 Å². The number of carbonyl (C=O) groups is 2. The van der Waals surface area contributed by atoms with Gasteiger partial charge in [0, 0.05) is 32.1 Å². The van der Waals surface area contributed by atoms with Crippen LogP contribution in [0.5, 0.6) is 0 Å². The quantitative estimate of drug-likeness (QED) is 0.785. The second-order valence-electron chi connectivity index (χ2n) is 3.99. The van der Waals surface area contributed by atoms with Crippen LogP contribution in [0.3, 0.4) is 0 Å². The van der Waals surface area contributed by atoms with Gasteiger partial charge in [-0.15, -0.1) is 0 Å². The number of carbonyl (C=O) groups excluding carboxylic acids is 2. The molecular weight excluding hydrogens is 228 g/mol. The van der Waals surface area contributed by atoms with E-state index in [0.717, 1.165) is 5.56 Å². The molecule has 0 saturated heterocycles. The van der Waals surface area contributed by atoms with Crippen molar-refractivity contribution in [2.75, 3.05) is 20.6 Å². The predicted molar refractivity (Wildman–Crippen MR) is 70.0 cm³/mol. The average Bonchev–Trinajstić information content (AvgIpc) is 2.33. The molecule has 1 rings (SSSR count). The third kappa shape index (κ3) is 4.30. The van der Waals surface area contributed by atoms with Crippen molar-refractivity contribution in [1.29, 1.82) is 0 Å². The molecule has 0 aliphatic carbocycles. The van der Waals surface area contributed by atoms with E-state index in [-0.39, 0.29) is 11.8 Å². The van der Waals surface area contributed by atoms with Crippen molar-refractivity contribution in [3.8, 4) is 11.8 Å². The van der Waals surface area contributed by atoms with Crippen LogP contribution in [0, 0.1) is 11.8 Å². The van der Waals surface area contributed by atoms with Crippen LogP contribution < -0.4 is 5.32 Å². The molecule has 0 aromatic heterocycles. The van der Waals surface area contributed by atoms with Crippen molar-refractivity contribution in [2.45, 2.75) is 6.92 Å². The molecule has 18 heavy (non-hydrogen) atoms. The zero-order valence-electron chi connectivity index (χ0n) is 10.8. The van der Waals surface area contributed by atoms with Crippen molar-refractivity contribution in [3.63, 3.8) is 0 Å². The van der Waals surface area contributed by atoms with Crippen LogP contribution in [-0.4, -0.2) is 37.4 Å². The van der Waals surface area contributed by atoms with Crippen LogP contribution in [-0.2, 0) is 4.79 Å². The van der Waals surface area contributed by atoms with E-state index >= 15 is 0 Å². The maximum absolute atomic E-state index is 11.7. The van der Waals surface area contributed by atoms with E-state index in [1.165, 1.54) is 11.8 Å². The lowest BCUT2D eigenvalue weighted by atomic mass is 10.1. The van der Waals surface area contributed by atoms with Crippen LogP contribution in [0.15, 0.2) is 24.3 Å². The SMILES string of the molecule is CC(=O)NCC#Cc1cccc(C(=O)N(C)C)c1. The first-order valence-electron chi connectivity index (χ1n) is 5.55. The Balaban J connectivity index is 2.76. The molecule has 0 fully saturated rings. The molecule has 0 spiro atoms. The van der Waals surface area contributed by atoms with Gasteiger partial charge in [-0.25, -0.2) is 0 Å². The molecular formula is C14H16N2O2. The number of nitrogens with one attached hydrogen (secondary N) is 1. The summed E-state index contributed by atoms with van der Waals surface area (Å²) >= 11 is 0. The molecule has 0 unspecified atom stereocenters. The molecule has 2 amide bonds. The Bertz CT molecular complexity index is 510. The van der Waals surface area contributed by atoms with Gasteiger partial charge in [0.2, 0.25) is 5.91 Å². The van der Waals surface area contributed by atoms with Crippen molar-refractivity contribution >= 4 is 11.8 Å². The molecule has 0 saturated carbocycles. The smallest absolute Gasteiger partial charge is 0.253 e. The zero-order chi connectivity index (χ0) is 13.5. The maximum atomic E-state index is 11.7. The van der Waals surface area contributed by atoms with Crippen LogP contribution in [0.2, 0.25) is 0 Å². The number of hydrogen-bond acceptors (Lipinski definition) is 2. The summed E-state index contributed by atoms with van der Waals surface area (Å²) in [6, 6.07) is 7.11. The Kier molecular flexibility index (Phi) is 4.94. The van der Waals surface area contributed by atoms with Gasteiger partial charge >= 0.3 is 0 Å². The zero-order valence-corrected chi connectivity index (χ0v) is 10.8. The number of amides is 2. The topological polar surface area (TPSA) is 49.4 Å². The lowest BCUT2D eigenvalue weighted by molar-refractivity contribution is -0.118. The van der Waals surface area contributed by atoms with Crippen molar-refractivity contribution < 1.29 is 9.59 Å². The van der Waals surface area contributed by atoms with Gasteiger partial charge in [-0.2, -0.15) is 0 Å². The van der Waals surface area contributed by atoms with Crippen LogP contribution >= 0.6 is 0 Å². The van der Waals surface area contributed by atoms with E-state index in [9.17, 15) is 9.59 Å². The molecule has 0 atom stereocenters. The standard InChI is InChI=1S/C14H16N2O2/c1-11(17)15-9-5-7-12-6-4-8-13(10-12)14(18)16(2)3/h4,6,8,10H,9H2,1-3H3,(H,15,17). The van der Waals surface area contributed by atoms with Gasteiger partial charge in [0.25, 0.3) is 5.91 Å². The van der Waals surface area contributed by atoms with Gasteiger partial charge in [-0.1, -0.05) is 17.9 Å². The number of hydrogen-bond donors (Lipinski definition) is 1. The van der Waals surface area contributed by atoms with Gasteiger partial charge in [0.1, 0.15) is 0 Å². The summed E-state index contributed by atoms with van der Waals surface area (Å²) in [5, 5.41) is 2.58. The lowest BCUT2D eigenvalue weighted by Gasteiger charge is -2.09. The lowest BCUT2D eigenvalue weighted by Crippen LogP contribution is -2.21. The summed E-state index contributed by atoms with van der Waals surface area (Å²) < 4.78 is 0. The molecule has 0 heterocycles. The first-order chi connectivity index (χ1) is 8.50. The third-order valence-electron chi connectivity index (χ3n) is 2.17. The molecule has 1 N–H and O–H groups in total. The summed E-state index contributed by atoms with van der Waals surface area (Å²) in [6.07, 6.45) is 0. The molecule has 94 valence electrons. The van der Waals surface area contributed by atoms with E-state index in [1.807, 2.05) is 6.07 Å². The van der Waals surface area contributed by atoms with Gasteiger partial charge in [0.05, 0.1) is 6.54 Å². The monoisotopic (exact) mass is 244 g/mol. The number of nitrogens with zero attached hydrogens (tertiary/aromatic N) is 1. The van der Waals surface area contributed by atoms with Crippen LogP contribution in [0.1, 0.15) is 22.8 Å². The molecule has 4 nitrogen and oxygen atoms in total. The highest BCUT2D eigenvalue weighted by molar-refractivity contribution is 5.94. The minimum atomic E-state index is -0.110. The summed E-state index contributed by atoms with van der Waals surface area (Å²) in [5.41, 5.74) is 1.36. The molecule has 4 heteroatoms. The minimum Gasteiger partial charge on any atom is -0.345 e. The van der Waals surface area contributed by atoms with E-state index < -0.39 is 0 Å². The summed E-state index contributed by atoms with van der Waals surface area (Å²) in [5.74, 6) is 5.55. The summed E-state index contributed by atoms with van der Waals surface area (Å²) in [6.45, 7) is 1.75. The third-order valence-corrected chi connectivity index (χ3v) is 2.17. The van der Waals surface area contributed by atoms with E-state index in [4.69, 9.17) is 0 Å². The second kappa shape index (κ2) is 6.45. The van der Waals surface area contributed by atoms with Gasteiger partial charge < -0.3 is 10.2 Å². The number of benzene rings is 1. The highest BCUT2D eigenvalue weighted by atomic mass is 16.2. The minimum absolute atomic E-state index is 0.0551. The van der Waals surface area contributed by atoms with E-state index in [0.29, 0.717) is 12.1 Å². The molecule has 0 radical (unpaired) electrons. The molecule has 1 aromatic carbocycles. The predicted octanol–water partition coefficient (Wildman–Crippen LogP) is 0.876. The number of rotatable bonds is 2. The van der Waals surface area contributed by atoms with Crippen LogP contribution in [0.25, 0.3) is 0 Å². The van der Waals surface area contributed by atoms with Crippen molar-refractivity contribution in [2.24, 2.45) is 0 Å². The van der Waals surface area contributed by atoms with Gasteiger partial charge in [0.15, 0.2) is 0 Å². The van der Waals surface area contributed by atoms with Crippen LogP contribution in [0.4, 0.5) is 0 Å². The molecule has 0 bridgehead atoms. The fourth-order valence-electron chi connectivity index (χ4n) is 1.30. The fourth-order valence-corrected chi connectivity index (χ4v) is 1.30. The van der Waals surface area contributed by atoms with Crippen molar-refractivity contribution in [1.82, 2.24) is 10.2 Å². The Morgan fingerprint density at radius 2 is 2.06 bits per heavy atom. The Hall–Kier alpha value is -2.28. The van der Waals surface area contributed by atoms with Gasteiger partial charge in [-0.3, -0.25) is 9.59 Å². The normalized spacial score (nSPS) is 9.06. The Morgan fingerprint density at radius 1 is 1.33 bits per heavy atom. The Morgan fingerprint density at radius 3 is 2.67 bits per heavy atom. The largest absolute Gasteiger partial charge is 0.345 e. The average molecular weight is 244 g/mol. The highest BCUT2D eigenvalue weighted by Crippen LogP contribution is 2.06. The summed E-state index contributed by atoms with van der Waals surface area (Å²) in [7, 11) is 3.41. The summed E-state index contributed by atoms with van der Waals surface area (Å²) in [4.78, 5) is 23.9. The molecule has 0 aliphatic heterocycles.